The van der Waals surface area contributed by atoms with E-state index < -0.39 is 24.8 Å². The predicted octanol–water partition coefficient (Wildman–Crippen LogP) is 6.33. The fourth-order valence-corrected chi connectivity index (χ4v) is 7.18. The van der Waals surface area contributed by atoms with Gasteiger partial charge in [-0.1, -0.05) is 18.0 Å². The third-order valence-corrected chi connectivity index (χ3v) is 9.99. The van der Waals surface area contributed by atoms with Crippen LogP contribution >= 0.6 is 11.9 Å². The second kappa shape index (κ2) is 17.5. The molecule has 2 aliphatic rings. The molecule has 0 unspecified atom stereocenters. The van der Waals surface area contributed by atoms with E-state index in [0.29, 0.717) is 19.4 Å². The van der Waals surface area contributed by atoms with Crippen molar-refractivity contribution in [3.05, 3.63) is 29.3 Å². The lowest BCUT2D eigenvalue weighted by molar-refractivity contribution is -0.138. The van der Waals surface area contributed by atoms with Crippen LogP contribution in [0.1, 0.15) is 69.4 Å². The Hall–Kier alpha value is -2.18. The van der Waals surface area contributed by atoms with Crippen molar-refractivity contribution in [1.82, 2.24) is 9.62 Å². The van der Waals surface area contributed by atoms with Gasteiger partial charge in [0.1, 0.15) is 13.0 Å². The predicted molar refractivity (Wildman–Crippen MR) is 169 cm³/mol. The Bertz CT molecular complexity index is 1090. The highest BCUT2D eigenvalue weighted by Gasteiger charge is 2.38. The number of rotatable bonds is 15. The zero-order chi connectivity index (χ0) is 32.2. The zero-order valence-electron chi connectivity index (χ0n) is 26.3. The Kier molecular flexibility index (Phi) is 14.4. The Labute approximate surface area is 263 Å². The number of aldehydes is 1. The van der Waals surface area contributed by atoms with Crippen molar-refractivity contribution in [1.29, 1.82) is 0 Å². The standard InChI is InChI=1S/C32H48F4N4O3S/c1-24-22-29(40(25(2)42)18-20-43-19-15-33)9-8-27(24)11-21-44-39-16-13-31(23-41,14-17-39)38-30(37-3)28-6-4-26(5-7-28)10-12-32(34,35)36/h8-9,22-23,26,28H,4-7,10-21H2,1-3H3,(H,37,38). The van der Waals surface area contributed by atoms with Gasteiger partial charge >= 0.3 is 6.18 Å². The van der Waals surface area contributed by atoms with Crippen LogP contribution in [0.4, 0.5) is 23.2 Å². The molecule has 1 aromatic rings. The van der Waals surface area contributed by atoms with Crippen molar-refractivity contribution in [3.63, 3.8) is 0 Å². The average molecular weight is 645 g/mol. The highest BCUT2D eigenvalue weighted by Crippen LogP contribution is 2.36. The van der Waals surface area contributed by atoms with E-state index >= 15 is 0 Å². The minimum atomic E-state index is -4.10. The molecule has 7 nitrogen and oxygen atoms in total. The van der Waals surface area contributed by atoms with Crippen LogP contribution in [0.3, 0.4) is 0 Å². The average Bonchev–Trinajstić information content (AvgIpc) is 3.00. The van der Waals surface area contributed by atoms with Gasteiger partial charge in [0.25, 0.3) is 0 Å². The number of hydrogen-bond donors (Lipinski definition) is 1. The number of halogens is 4. The smallest absolute Gasteiger partial charge is 0.377 e. The molecule has 1 saturated heterocycles. The summed E-state index contributed by atoms with van der Waals surface area (Å²) >= 11 is 1.77. The second-order valence-electron chi connectivity index (χ2n) is 12.0. The van der Waals surface area contributed by atoms with Gasteiger partial charge in [0.15, 0.2) is 0 Å². The number of carbonyl (C=O) groups is 2. The fraction of sp³-hybridized carbons (Fsp3) is 0.719. The summed E-state index contributed by atoms with van der Waals surface area (Å²) < 4.78 is 57.7. The number of hydrogen-bond acceptors (Lipinski definition) is 6. The van der Waals surface area contributed by atoms with E-state index in [-0.39, 0.29) is 37.4 Å². The van der Waals surface area contributed by atoms with Crippen molar-refractivity contribution in [3.8, 4) is 0 Å². The van der Waals surface area contributed by atoms with Crippen LogP contribution in [-0.2, 0) is 20.7 Å². The monoisotopic (exact) mass is 644 g/mol. The minimum Gasteiger partial charge on any atom is -0.377 e. The highest BCUT2D eigenvalue weighted by molar-refractivity contribution is 7.97. The lowest BCUT2D eigenvalue weighted by atomic mass is 9.78. The maximum absolute atomic E-state index is 12.6. The van der Waals surface area contributed by atoms with Gasteiger partial charge in [-0.05, 0) is 87.5 Å². The SMILES string of the molecule is CN=C(NC1(C=O)CCN(SCCc2ccc(N(CCOCCF)C(C)=O)cc2C)CC1)C1CCC(CCC(F)(F)F)CC1. The third-order valence-electron chi connectivity index (χ3n) is 8.87. The van der Waals surface area contributed by atoms with Gasteiger partial charge in [0, 0.05) is 57.4 Å². The Morgan fingerprint density at radius 1 is 1.20 bits per heavy atom. The van der Waals surface area contributed by atoms with E-state index in [0.717, 1.165) is 74.3 Å². The quantitative estimate of drug-likeness (QED) is 0.0602. The summed E-state index contributed by atoms with van der Waals surface area (Å²) in [5.41, 5.74) is 2.43. The fourth-order valence-electron chi connectivity index (χ4n) is 6.17. The van der Waals surface area contributed by atoms with Gasteiger partial charge in [-0.25, -0.2) is 4.39 Å². The van der Waals surface area contributed by atoms with Gasteiger partial charge in [0.05, 0.1) is 24.6 Å². The van der Waals surface area contributed by atoms with Crippen molar-refractivity contribution in [2.45, 2.75) is 83.4 Å². The molecule has 3 rings (SSSR count). The Morgan fingerprint density at radius 2 is 1.91 bits per heavy atom. The molecule has 2 fully saturated rings. The molecule has 0 bridgehead atoms. The molecule has 0 atom stereocenters. The minimum absolute atomic E-state index is 0.0270. The molecule has 248 valence electrons. The van der Waals surface area contributed by atoms with E-state index in [9.17, 15) is 27.2 Å². The number of nitrogens with one attached hydrogen (secondary N) is 1. The van der Waals surface area contributed by atoms with Crippen LogP contribution in [0, 0.1) is 18.8 Å². The van der Waals surface area contributed by atoms with Gasteiger partial charge in [-0.3, -0.25) is 14.1 Å². The maximum Gasteiger partial charge on any atom is 0.389 e. The number of nitrogens with zero attached hydrogens (tertiary/aromatic N) is 3. The van der Waals surface area contributed by atoms with E-state index in [4.69, 9.17) is 4.74 Å². The van der Waals surface area contributed by atoms with Gasteiger partial charge in [0.2, 0.25) is 5.91 Å². The van der Waals surface area contributed by atoms with Crippen molar-refractivity contribution in [2.75, 3.05) is 57.2 Å². The second-order valence-corrected chi connectivity index (χ2v) is 13.2. The first-order valence-electron chi connectivity index (χ1n) is 15.7. The van der Waals surface area contributed by atoms with Crippen molar-refractivity contribution >= 4 is 35.7 Å². The summed E-state index contributed by atoms with van der Waals surface area (Å²) in [5.74, 6) is 1.85. The molecule has 1 heterocycles. The lowest BCUT2D eigenvalue weighted by Gasteiger charge is -2.40. The van der Waals surface area contributed by atoms with Crippen LogP contribution in [0.2, 0.25) is 0 Å². The number of amidine groups is 1. The lowest BCUT2D eigenvalue weighted by Crippen LogP contribution is -2.57. The van der Waals surface area contributed by atoms with Crippen LogP contribution < -0.4 is 10.2 Å². The molecule has 1 aromatic carbocycles. The normalized spacial score (nSPS) is 21.2. The molecule has 1 saturated carbocycles. The first-order valence-corrected chi connectivity index (χ1v) is 16.6. The number of amides is 1. The van der Waals surface area contributed by atoms with Gasteiger partial charge in [-0.15, -0.1) is 0 Å². The van der Waals surface area contributed by atoms with Crippen LogP contribution in [0.15, 0.2) is 23.2 Å². The maximum atomic E-state index is 12.6. The molecule has 0 radical (unpaired) electrons. The molecule has 0 aromatic heterocycles. The van der Waals surface area contributed by atoms with Crippen molar-refractivity contribution < 1.29 is 31.9 Å². The Morgan fingerprint density at radius 3 is 2.48 bits per heavy atom. The summed E-state index contributed by atoms with van der Waals surface area (Å²) in [5, 5.41) is 3.47. The largest absolute Gasteiger partial charge is 0.389 e. The van der Waals surface area contributed by atoms with E-state index in [1.165, 1.54) is 12.5 Å². The molecule has 1 N–H and O–H groups in total. The number of piperidine rings is 1. The first-order chi connectivity index (χ1) is 21.0. The van der Waals surface area contributed by atoms with Crippen LogP contribution in [-0.4, -0.2) is 86.4 Å². The third kappa shape index (κ3) is 11.3. The number of alkyl halides is 4. The Balaban J connectivity index is 1.44. The molecule has 1 aliphatic carbocycles. The summed E-state index contributed by atoms with van der Waals surface area (Å²) in [6.45, 7) is 5.19. The van der Waals surface area contributed by atoms with Crippen LogP contribution in [0.5, 0.6) is 0 Å². The number of carbonyl (C=O) groups excluding carboxylic acids is 2. The highest BCUT2D eigenvalue weighted by atomic mass is 32.2. The molecule has 44 heavy (non-hydrogen) atoms. The summed E-state index contributed by atoms with van der Waals surface area (Å²) in [4.78, 5) is 30.6. The van der Waals surface area contributed by atoms with E-state index in [2.05, 4.69) is 20.7 Å². The molecular formula is C32H48F4N4O3S. The van der Waals surface area contributed by atoms with Gasteiger partial charge < -0.3 is 19.7 Å². The topological polar surface area (TPSA) is 74.2 Å². The molecular weight excluding hydrogens is 596 g/mol. The zero-order valence-corrected chi connectivity index (χ0v) is 27.1. The number of anilines is 1. The number of aliphatic imine (C=N–C) groups is 1. The van der Waals surface area contributed by atoms with Crippen LogP contribution in [0.25, 0.3) is 0 Å². The molecule has 0 spiro atoms. The summed E-state index contributed by atoms with van der Waals surface area (Å²) in [6.07, 6.45) is 1.67. The summed E-state index contributed by atoms with van der Waals surface area (Å²) in [6, 6.07) is 6.00. The first kappa shape index (κ1) is 36.3. The summed E-state index contributed by atoms with van der Waals surface area (Å²) in [7, 11) is 1.72. The van der Waals surface area contributed by atoms with E-state index in [1.807, 2.05) is 19.1 Å². The van der Waals surface area contributed by atoms with Crippen molar-refractivity contribution in [2.24, 2.45) is 16.8 Å². The number of ether oxygens (including phenoxy) is 1. The number of benzene rings is 1. The van der Waals surface area contributed by atoms with E-state index in [1.54, 1.807) is 23.9 Å². The van der Waals surface area contributed by atoms with Gasteiger partial charge in [-0.2, -0.15) is 13.2 Å². The molecule has 1 aliphatic heterocycles. The number of aryl methyl sites for hydroxylation is 2. The molecule has 12 heteroatoms. The molecule has 1 amide bonds.